The molecule has 15 saturated heterocycles. The number of hydrogen-bond acceptors (Lipinski definition) is 21. The lowest BCUT2D eigenvalue weighted by Gasteiger charge is -2.53. The molecule has 129 heavy (non-hydrogen) atoms. The number of aliphatic hydroxyl groups is 2. The van der Waals surface area contributed by atoms with Crippen LogP contribution in [0, 0.1) is 35.0 Å². The average molecular weight is 1820 g/mol. The second-order valence-corrected chi connectivity index (χ2v) is 47.4. The van der Waals surface area contributed by atoms with Crippen LogP contribution in [0.1, 0.15) is 287 Å². The highest BCUT2D eigenvalue weighted by Gasteiger charge is 2.44. The van der Waals surface area contributed by atoms with E-state index in [0.29, 0.717) is 43.2 Å². The molecule has 764 valence electrons. The Morgan fingerprint density at radius 3 is 1.09 bits per heavy atom. The molecule has 21 heteroatoms. The van der Waals surface area contributed by atoms with Gasteiger partial charge < -0.3 is 83.7 Å². The number of rotatable bonds is 17. The minimum atomic E-state index is 0.364. The number of fused-ring (bicyclic) bond motifs is 2. The zero-order chi connectivity index (χ0) is 95.2. The first kappa shape index (κ1) is 117. The van der Waals surface area contributed by atoms with E-state index < -0.39 is 0 Å². The number of piperazine rings is 2. The fraction of sp³-hybridized carbons (Fsp3) is 1.00. The van der Waals surface area contributed by atoms with Crippen molar-refractivity contribution in [2.24, 2.45) is 35.0 Å². The Bertz CT molecular complexity index is 2700. The molecule has 0 amide bonds. The summed E-state index contributed by atoms with van der Waals surface area (Å²) in [6.07, 6.45) is 30.2. The summed E-state index contributed by atoms with van der Waals surface area (Å²) >= 11 is 0. The van der Waals surface area contributed by atoms with Crippen molar-refractivity contribution >= 4 is 0 Å². The zero-order valence-electron chi connectivity index (χ0n) is 91.6. The van der Waals surface area contributed by atoms with E-state index in [1.165, 1.54) is 338 Å². The van der Waals surface area contributed by atoms with Crippen molar-refractivity contribution in [3.8, 4) is 0 Å². The normalized spacial score (nSPS) is 29.2. The maximum absolute atomic E-state index is 8.96. The highest BCUT2D eigenvalue weighted by Crippen LogP contribution is 2.40. The number of aliphatic hydroxyl groups excluding tert-OH is 2. The maximum Gasteiger partial charge on any atom is 0.0471 e. The molecule has 0 aliphatic carbocycles. The van der Waals surface area contributed by atoms with Crippen LogP contribution >= 0.6 is 0 Å². The number of hydrogen-bond donors (Lipinski definition) is 2. The molecule has 5 unspecified atom stereocenters. The maximum atomic E-state index is 8.96. The van der Waals surface area contributed by atoms with Crippen LogP contribution in [0.3, 0.4) is 0 Å². The Kier molecular flexibility index (Phi) is 55.9. The molecule has 15 aliphatic heterocycles. The molecule has 0 saturated carbocycles. The van der Waals surface area contributed by atoms with Crippen molar-refractivity contribution in [3.63, 3.8) is 0 Å². The van der Waals surface area contributed by atoms with Gasteiger partial charge in [-0.25, -0.2) is 0 Å². The molecule has 0 aromatic rings. The first-order valence-electron chi connectivity index (χ1n) is 55.1. The summed E-state index contributed by atoms with van der Waals surface area (Å²) in [5.74, 6) is 3.95. The monoisotopic (exact) mass is 1820 g/mol. The fourth-order valence-corrected chi connectivity index (χ4v) is 24.0. The van der Waals surface area contributed by atoms with Crippen molar-refractivity contribution in [1.29, 1.82) is 0 Å². The molecule has 15 aliphatic rings. The highest BCUT2D eigenvalue weighted by atomic mass is 16.3. The van der Waals surface area contributed by atoms with Crippen molar-refractivity contribution in [2.75, 3.05) is 286 Å². The number of piperidine rings is 11. The Morgan fingerprint density at radius 2 is 0.651 bits per heavy atom. The van der Waals surface area contributed by atoms with Crippen LogP contribution in [0.15, 0.2) is 0 Å². The molecule has 1 spiro atoms. The lowest BCUT2D eigenvalue weighted by Crippen LogP contribution is -2.59. The fourth-order valence-electron chi connectivity index (χ4n) is 24.0. The molecule has 8 atom stereocenters. The number of likely N-dealkylation sites (N-methyl/N-ethyl adjacent to an activating group) is 4. The van der Waals surface area contributed by atoms with Crippen LogP contribution in [0.25, 0.3) is 0 Å². The first-order valence-corrected chi connectivity index (χ1v) is 55.1. The summed E-state index contributed by atoms with van der Waals surface area (Å²) in [6.45, 7) is 89.9. The van der Waals surface area contributed by atoms with Crippen molar-refractivity contribution < 1.29 is 10.2 Å². The minimum Gasteiger partial charge on any atom is -0.396 e. The van der Waals surface area contributed by atoms with E-state index >= 15 is 0 Å². The number of nitrogens with zero attached hydrogens (tertiary/aromatic N) is 19. The van der Waals surface area contributed by atoms with E-state index in [2.05, 4.69) is 302 Å². The molecule has 21 nitrogen and oxygen atoms in total. The molecule has 15 heterocycles. The van der Waals surface area contributed by atoms with E-state index in [4.69, 9.17) is 10.2 Å². The van der Waals surface area contributed by atoms with Crippen LogP contribution in [0.5, 0.6) is 0 Å². The minimum absolute atomic E-state index is 0.364. The summed E-state index contributed by atoms with van der Waals surface area (Å²) in [4.78, 5) is 48.4. The lowest BCUT2D eigenvalue weighted by molar-refractivity contribution is -0.0370. The topological polar surface area (TPSA) is 102 Å². The summed E-state index contributed by atoms with van der Waals surface area (Å²) < 4.78 is 0. The summed E-state index contributed by atoms with van der Waals surface area (Å²) in [6, 6.07) is 12.1. The quantitative estimate of drug-likeness (QED) is 0.144. The number of likely N-dealkylation sites (tertiary alicyclic amines) is 13. The van der Waals surface area contributed by atoms with Crippen LogP contribution in [0.4, 0.5) is 0 Å². The van der Waals surface area contributed by atoms with Gasteiger partial charge in [0.25, 0.3) is 0 Å². The van der Waals surface area contributed by atoms with Crippen molar-refractivity contribution in [1.82, 2.24) is 93.1 Å². The molecular formula is C108H225N19O2. The van der Waals surface area contributed by atoms with Gasteiger partial charge in [0.15, 0.2) is 0 Å². The Balaban J connectivity index is 0.000000222. The second kappa shape index (κ2) is 61.7. The largest absolute Gasteiger partial charge is 0.396 e. The van der Waals surface area contributed by atoms with Gasteiger partial charge in [-0.15, -0.1) is 0 Å². The van der Waals surface area contributed by atoms with Gasteiger partial charge in [-0.05, 0) is 490 Å². The molecular weight excluding hydrogens is 1600 g/mol. The van der Waals surface area contributed by atoms with E-state index in [1.807, 2.05) is 0 Å². The van der Waals surface area contributed by atoms with E-state index in [-0.39, 0.29) is 0 Å². The highest BCUT2D eigenvalue weighted by molar-refractivity contribution is 4.98. The van der Waals surface area contributed by atoms with Gasteiger partial charge in [-0.2, -0.15) is 0 Å². The summed E-state index contributed by atoms with van der Waals surface area (Å²) in [7, 11) is 20.0. The molecule has 0 aromatic heterocycles. The van der Waals surface area contributed by atoms with Gasteiger partial charge >= 0.3 is 0 Å². The van der Waals surface area contributed by atoms with Crippen LogP contribution in [0.2, 0.25) is 0 Å². The Hall–Kier alpha value is -0.840. The van der Waals surface area contributed by atoms with Crippen molar-refractivity contribution in [2.45, 2.75) is 383 Å². The summed E-state index contributed by atoms with van der Waals surface area (Å²) in [5, 5.41) is 17.9. The lowest BCUT2D eigenvalue weighted by atomic mass is 9.72. The van der Waals surface area contributed by atoms with Gasteiger partial charge in [0.1, 0.15) is 0 Å². The standard InChI is InChI=1S/C14H29N3.C13H27N3.C12H24N2.2C11H22N2.C11H24N2.C10H22N2.2C9H19NO.C8H17N/c1-12(2)16-7-5-14(6-8-16)17-10-9-15(4)13(3)11-17;1-12(2)15-6-4-13(5-7-15)16-10-8-14(3)9-11-16;1-10(2)14-8-6-12-11(9-14)5-4-7-13(12)3;1-10(2)13-6-4-11(5-7-13)8-12(3)9-11;1-9(2)13-7-5-10-4-6-12(3)11(10)8-13;1-10(2)13-7-5-11(6-8-13)9-12(3)4;1-9(2)12-7-5-6-10(8-12)11(3)4;2*1-8(2)10-5-3-4-9(6-10)7-11;1-8(2)9-6-4-3-5-7-9/h12-14H,5-11H2,1-4H3;12-13H,4-11H2,1-3H3;10-12H,4-9H2,1-3H3;10H,4-9H2,1-3H3;9-11H,4-8H2,1-3H3;10-11H,5-9H2,1-4H3;9-10H,5-8H2,1-4H3;2*8-9,11H,3-7H2,1-2H3;8H,3-7H2,1-2H3/t13-;;;;;;;2*9-;/m0......10./s1. The molecule has 2 N–H and O–H groups in total. The summed E-state index contributed by atoms with van der Waals surface area (Å²) in [5.41, 5.74) is 0.722. The van der Waals surface area contributed by atoms with Gasteiger partial charge in [0, 0.05) is 208 Å². The second-order valence-electron chi connectivity index (χ2n) is 47.4. The molecule has 0 bridgehead atoms. The zero-order valence-corrected chi connectivity index (χ0v) is 91.6. The smallest absolute Gasteiger partial charge is 0.0471 e. The molecule has 15 rings (SSSR count). The average Bonchev–Trinajstić information content (AvgIpc) is 1.01. The predicted molar refractivity (Wildman–Crippen MR) is 559 cm³/mol. The van der Waals surface area contributed by atoms with Crippen LogP contribution in [-0.2, 0) is 0 Å². The molecule has 0 aromatic carbocycles. The van der Waals surface area contributed by atoms with E-state index in [1.54, 1.807) is 0 Å². The van der Waals surface area contributed by atoms with Gasteiger partial charge in [0.2, 0.25) is 0 Å². The first-order chi connectivity index (χ1) is 61.2. The van der Waals surface area contributed by atoms with Gasteiger partial charge in [-0.3, -0.25) is 19.6 Å². The third-order valence-corrected chi connectivity index (χ3v) is 33.9. The van der Waals surface area contributed by atoms with Crippen LogP contribution < -0.4 is 0 Å². The van der Waals surface area contributed by atoms with Crippen molar-refractivity contribution in [3.05, 3.63) is 0 Å². The molecule has 0 radical (unpaired) electrons. The van der Waals surface area contributed by atoms with E-state index in [0.717, 1.165) is 115 Å². The predicted octanol–water partition coefficient (Wildman–Crippen LogP) is 14.4. The Morgan fingerprint density at radius 1 is 0.279 bits per heavy atom. The Labute approximate surface area is 803 Å². The third-order valence-electron chi connectivity index (χ3n) is 33.9. The third kappa shape index (κ3) is 42.2. The van der Waals surface area contributed by atoms with Gasteiger partial charge in [-0.1, -0.05) is 6.42 Å². The van der Waals surface area contributed by atoms with Crippen LogP contribution in [-0.4, -0.2) is 486 Å². The SMILES string of the molecule is CC(C)N1CCC(CN(C)C)CC1.CC(C)N1CCC(N2CCN(C)CC2)CC1.CC(C)N1CCC(N2CCN(C)[C@@H](C)C2)CC1.CC(C)N1CCC2(CC1)CN(C)C2.CC(C)N1CCC2C(CCCN2C)C1.CC(C)N1CCC2CCN(C)C2C1.CC(C)N1CCCC(N(C)C)C1.CC(C)N1CCCCC1.CC(C)N1CCC[C@@H](CO)C1.CC(C)N1CCC[C@H](CO)C1. The molecule has 15 fully saturated rings. The van der Waals surface area contributed by atoms with Gasteiger partial charge in [0.05, 0.1) is 0 Å². The van der Waals surface area contributed by atoms with E-state index in [9.17, 15) is 0 Å².